The molecule has 17 heavy (non-hydrogen) atoms. The molecule has 2 fully saturated rings. The fraction of sp³-hybridized carbons (Fsp3) is 0.571. The van der Waals surface area contributed by atoms with E-state index in [1.165, 1.54) is 18.5 Å². The van der Waals surface area contributed by atoms with Crippen molar-refractivity contribution in [3.63, 3.8) is 0 Å². The third kappa shape index (κ3) is 1.89. The smallest absolute Gasteiger partial charge is 0.119 e. The van der Waals surface area contributed by atoms with Crippen LogP contribution in [0.3, 0.4) is 0 Å². The SMILES string of the molecule is COc1ccc(N2C3CCC2CC(N)C3)cc1. The summed E-state index contributed by atoms with van der Waals surface area (Å²) in [5.74, 6) is 0.926. The second-order valence-electron chi connectivity index (χ2n) is 5.22. The molecule has 1 aromatic carbocycles. The lowest BCUT2D eigenvalue weighted by molar-refractivity contribution is 0.410. The molecule has 0 amide bonds. The van der Waals surface area contributed by atoms with Gasteiger partial charge in [0, 0.05) is 23.8 Å². The number of fused-ring (bicyclic) bond motifs is 2. The number of hydrogen-bond donors (Lipinski definition) is 1. The van der Waals surface area contributed by atoms with Gasteiger partial charge in [0.25, 0.3) is 0 Å². The number of piperidine rings is 1. The summed E-state index contributed by atoms with van der Waals surface area (Å²) in [6.07, 6.45) is 4.87. The third-order valence-electron chi connectivity index (χ3n) is 4.14. The van der Waals surface area contributed by atoms with E-state index in [-0.39, 0.29) is 0 Å². The molecule has 3 nitrogen and oxygen atoms in total. The van der Waals surface area contributed by atoms with Gasteiger partial charge in [-0.2, -0.15) is 0 Å². The van der Waals surface area contributed by atoms with Crippen molar-refractivity contribution in [1.82, 2.24) is 0 Å². The van der Waals surface area contributed by atoms with E-state index in [1.807, 2.05) is 12.1 Å². The van der Waals surface area contributed by atoms with Gasteiger partial charge in [-0.15, -0.1) is 0 Å². The maximum Gasteiger partial charge on any atom is 0.119 e. The van der Waals surface area contributed by atoms with Crippen molar-refractivity contribution in [2.24, 2.45) is 5.73 Å². The monoisotopic (exact) mass is 232 g/mol. The molecule has 0 radical (unpaired) electrons. The van der Waals surface area contributed by atoms with Crippen LogP contribution < -0.4 is 15.4 Å². The average Bonchev–Trinajstić information content (AvgIpc) is 2.62. The summed E-state index contributed by atoms with van der Waals surface area (Å²) < 4.78 is 5.20. The summed E-state index contributed by atoms with van der Waals surface area (Å²) in [7, 11) is 1.71. The quantitative estimate of drug-likeness (QED) is 0.849. The average molecular weight is 232 g/mol. The highest BCUT2D eigenvalue weighted by molar-refractivity contribution is 5.52. The van der Waals surface area contributed by atoms with E-state index in [0.717, 1.165) is 18.6 Å². The molecule has 3 heteroatoms. The van der Waals surface area contributed by atoms with Crippen LogP contribution in [0.5, 0.6) is 5.75 Å². The van der Waals surface area contributed by atoms with E-state index in [1.54, 1.807) is 7.11 Å². The van der Waals surface area contributed by atoms with Crippen molar-refractivity contribution in [3.05, 3.63) is 24.3 Å². The number of anilines is 1. The summed E-state index contributed by atoms with van der Waals surface area (Å²) in [4.78, 5) is 2.57. The van der Waals surface area contributed by atoms with Crippen LogP contribution in [0.25, 0.3) is 0 Å². The van der Waals surface area contributed by atoms with Gasteiger partial charge in [0.15, 0.2) is 0 Å². The summed E-state index contributed by atoms with van der Waals surface area (Å²) >= 11 is 0. The molecular formula is C14H20N2O. The Hall–Kier alpha value is -1.22. The van der Waals surface area contributed by atoms with E-state index in [2.05, 4.69) is 17.0 Å². The van der Waals surface area contributed by atoms with Crippen molar-refractivity contribution >= 4 is 5.69 Å². The van der Waals surface area contributed by atoms with Crippen LogP contribution in [0.4, 0.5) is 5.69 Å². The van der Waals surface area contributed by atoms with Gasteiger partial charge in [0.1, 0.15) is 5.75 Å². The minimum absolute atomic E-state index is 0.405. The molecule has 0 aromatic heterocycles. The summed E-state index contributed by atoms with van der Waals surface area (Å²) in [6.45, 7) is 0. The molecule has 2 bridgehead atoms. The molecule has 92 valence electrons. The van der Waals surface area contributed by atoms with E-state index in [0.29, 0.717) is 18.1 Å². The van der Waals surface area contributed by atoms with Crippen LogP contribution in [0.15, 0.2) is 24.3 Å². The zero-order valence-corrected chi connectivity index (χ0v) is 10.3. The lowest BCUT2D eigenvalue weighted by atomic mass is 9.97. The first-order valence-corrected chi connectivity index (χ1v) is 6.46. The van der Waals surface area contributed by atoms with Gasteiger partial charge in [0.2, 0.25) is 0 Å². The summed E-state index contributed by atoms with van der Waals surface area (Å²) in [5, 5.41) is 0. The molecule has 0 saturated carbocycles. The van der Waals surface area contributed by atoms with Gasteiger partial charge >= 0.3 is 0 Å². The Balaban J connectivity index is 1.84. The molecule has 0 aliphatic carbocycles. The minimum atomic E-state index is 0.405. The molecule has 2 aliphatic heterocycles. The van der Waals surface area contributed by atoms with E-state index in [9.17, 15) is 0 Å². The van der Waals surface area contributed by atoms with Gasteiger partial charge in [-0.3, -0.25) is 0 Å². The molecular weight excluding hydrogens is 212 g/mol. The normalized spacial score (nSPS) is 31.6. The Kier molecular flexibility index (Phi) is 2.71. The van der Waals surface area contributed by atoms with E-state index in [4.69, 9.17) is 10.5 Å². The van der Waals surface area contributed by atoms with Gasteiger partial charge in [-0.1, -0.05) is 0 Å². The zero-order chi connectivity index (χ0) is 11.8. The van der Waals surface area contributed by atoms with Crippen LogP contribution in [-0.2, 0) is 0 Å². The Morgan fingerprint density at radius 2 is 1.71 bits per heavy atom. The third-order valence-corrected chi connectivity index (χ3v) is 4.14. The highest BCUT2D eigenvalue weighted by Crippen LogP contribution is 2.39. The molecule has 3 rings (SSSR count). The molecule has 2 N–H and O–H groups in total. The fourth-order valence-electron chi connectivity index (χ4n) is 3.40. The Morgan fingerprint density at radius 3 is 2.24 bits per heavy atom. The Bertz CT molecular complexity index is 376. The van der Waals surface area contributed by atoms with Crippen molar-refractivity contribution in [1.29, 1.82) is 0 Å². The lowest BCUT2D eigenvalue weighted by Crippen LogP contribution is -2.47. The van der Waals surface area contributed by atoms with E-state index >= 15 is 0 Å². The van der Waals surface area contributed by atoms with Crippen LogP contribution in [-0.4, -0.2) is 25.2 Å². The van der Waals surface area contributed by atoms with Crippen LogP contribution in [0.2, 0.25) is 0 Å². The Morgan fingerprint density at radius 1 is 1.12 bits per heavy atom. The fourth-order valence-corrected chi connectivity index (χ4v) is 3.40. The molecule has 2 unspecified atom stereocenters. The van der Waals surface area contributed by atoms with Gasteiger partial charge < -0.3 is 15.4 Å². The minimum Gasteiger partial charge on any atom is -0.497 e. The standard InChI is InChI=1S/C14H20N2O/c1-17-14-6-4-11(5-7-14)16-12-2-3-13(16)9-10(15)8-12/h4-7,10,12-13H,2-3,8-9,15H2,1H3. The highest BCUT2D eigenvalue weighted by Gasteiger charge is 2.39. The van der Waals surface area contributed by atoms with Gasteiger partial charge in [-0.05, 0) is 49.9 Å². The lowest BCUT2D eigenvalue weighted by Gasteiger charge is -2.39. The number of nitrogens with zero attached hydrogens (tertiary/aromatic N) is 1. The molecule has 0 spiro atoms. The summed E-state index contributed by atoms with van der Waals surface area (Å²) in [6, 6.07) is 10.1. The number of methoxy groups -OCH3 is 1. The number of rotatable bonds is 2. The second kappa shape index (κ2) is 4.22. The maximum absolute atomic E-state index is 6.09. The number of nitrogens with two attached hydrogens (primary N) is 1. The first-order valence-electron chi connectivity index (χ1n) is 6.46. The van der Waals surface area contributed by atoms with Crippen LogP contribution in [0.1, 0.15) is 25.7 Å². The molecule has 2 atom stereocenters. The van der Waals surface area contributed by atoms with Crippen molar-refractivity contribution in [3.8, 4) is 5.75 Å². The molecule has 1 aromatic rings. The maximum atomic E-state index is 6.09. The van der Waals surface area contributed by atoms with Gasteiger partial charge in [-0.25, -0.2) is 0 Å². The summed E-state index contributed by atoms with van der Waals surface area (Å²) in [5.41, 5.74) is 7.42. The number of ether oxygens (including phenoxy) is 1. The number of benzene rings is 1. The van der Waals surface area contributed by atoms with E-state index < -0.39 is 0 Å². The van der Waals surface area contributed by atoms with Crippen LogP contribution in [0, 0.1) is 0 Å². The van der Waals surface area contributed by atoms with Gasteiger partial charge in [0.05, 0.1) is 7.11 Å². The predicted octanol–water partition coefficient (Wildman–Crippen LogP) is 2.15. The predicted molar refractivity (Wildman–Crippen MR) is 69.5 cm³/mol. The zero-order valence-electron chi connectivity index (χ0n) is 10.3. The topological polar surface area (TPSA) is 38.5 Å². The van der Waals surface area contributed by atoms with Crippen molar-refractivity contribution < 1.29 is 4.74 Å². The molecule has 2 aliphatic rings. The first-order chi connectivity index (χ1) is 8.28. The first kappa shape index (κ1) is 10.9. The second-order valence-corrected chi connectivity index (χ2v) is 5.22. The molecule has 2 saturated heterocycles. The van der Waals surface area contributed by atoms with Crippen molar-refractivity contribution in [2.45, 2.75) is 43.8 Å². The Labute approximate surface area is 103 Å². The highest BCUT2D eigenvalue weighted by atomic mass is 16.5. The molecule has 2 heterocycles. The van der Waals surface area contributed by atoms with Crippen LogP contribution >= 0.6 is 0 Å². The number of hydrogen-bond acceptors (Lipinski definition) is 3. The van der Waals surface area contributed by atoms with Crippen molar-refractivity contribution in [2.75, 3.05) is 12.0 Å². The largest absolute Gasteiger partial charge is 0.497 e.